The first-order valence-electron chi connectivity index (χ1n) is 6.36. The van der Waals surface area contributed by atoms with Crippen LogP contribution < -0.4 is 0 Å². The van der Waals surface area contributed by atoms with Crippen molar-refractivity contribution in [2.45, 2.75) is 25.3 Å². The second-order valence-corrected chi connectivity index (χ2v) is 4.77. The topological polar surface area (TPSA) is 76.1 Å². The number of hydrogen-bond acceptors (Lipinski definition) is 4. The predicted molar refractivity (Wildman–Crippen MR) is 62.1 cm³/mol. The van der Waals surface area contributed by atoms with Crippen LogP contribution >= 0.6 is 0 Å². The Morgan fingerprint density at radius 3 is 2.67 bits per heavy atom. The van der Waals surface area contributed by atoms with Crippen molar-refractivity contribution in [3.8, 4) is 0 Å². The summed E-state index contributed by atoms with van der Waals surface area (Å²) in [7, 11) is 0. The SMILES string of the molecule is O=C(O)CC1COCCN1C(=O)C1CCCOC1. The fourth-order valence-electron chi connectivity index (χ4n) is 2.49. The molecule has 102 valence electrons. The molecule has 0 aliphatic carbocycles. The standard InChI is InChI=1S/C12H19NO5/c14-11(15)6-10-8-18-5-3-13(10)12(16)9-2-1-4-17-7-9/h9-10H,1-8H2,(H,14,15). The summed E-state index contributed by atoms with van der Waals surface area (Å²) in [5.74, 6) is -0.999. The quantitative estimate of drug-likeness (QED) is 0.777. The lowest BCUT2D eigenvalue weighted by Crippen LogP contribution is -2.52. The molecule has 2 saturated heterocycles. The van der Waals surface area contributed by atoms with Gasteiger partial charge in [0.2, 0.25) is 5.91 Å². The van der Waals surface area contributed by atoms with E-state index in [2.05, 4.69) is 0 Å². The molecule has 2 atom stereocenters. The smallest absolute Gasteiger partial charge is 0.305 e. The average Bonchev–Trinajstić information content (AvgIpc) is 2.39. The normalized spacial score (nSPS) is 29.0. The van der Waals surface area contributed by atoms with Crippen LogP contribution in [0.25, 0.3) is 0 Å². The van der Waals surface area contributed by atoms with E-state index in [9.17, 15) is 9.59 Å². The van der Waals surface area contributed by atoms with Gasteiger partial charge < -0.3 is 19.5 Å². The molecule has 2 unspecified atom stereocenters. The van der Waals surface area contributed by atoms with E-state index in [4.69, 9.17) is 14.6 Å². The second-order valence-electron chi connectivity index (χ2n) is 4.77. The maximum Gasteiger partial charge on any atom is 0.305 e. The van der Waals surface area contributed by atoms with Crippen LogP contribution in [0.1, 0.15) is 19.3 Å². The number of carboxylic acids is 1. The van der Waals surface area contributed by atoms with Crippen LogP contribution in [0.15, 0.2) is 0 Å². The third kappa shape index (κ3) is 3.20. The molecule has 0 radical (unpaired) electrons. The van der Waals surface area contributed by atoms with Crippen LogP contribution in [0.3, 0.4) is 0 Å². The van der Waals surface area contributed by atoms with E-state index in [1.54, 1.807) is 4.90 Å². The zero-order valence-electron chi connectivity index (χ0n) is 10.3. The minimum Gasteiger partial charge on any atom is -0.481 e. The van der Waals surface area contributed by atoms with Crippen molar-refractivity contribution in [2.24, 2.45) is 5.92 Å². The fraction of sp³-hybridized carbons (Fsp3) is 0.833. The van der Waals surface area contributed by atoms with Crippen molar-refractivity contribution in [3.05, 3.63) is 0 Å². The number of carbonyl (C=O) groups excluding carboxylic acids is 1. The lowest BCUT2D eigenvalue weighted by Gasteiger charge is -2.37. The van der Waals surface area contributed by atoms with Gasteiger partial charge in [-0.3, -0.25) is 9.59 Å². The maximum absolute atomic E-state index is 12.3. The Kier molecular flexibility index (Phi) is 4.54. The molecule has 0 bridgehead atoms. The van der Waals surface area contributed by atoms with Gasteiger partial charge in [-0.2, -0.15) is 0 Å². The van der Waals surface area contributed by atoms with Gasteiger partial charge in [0.1, 0.15) is 0 Å². The molecule has 2 heterocycles. The first-order chi connectivity index (χ1) is 8.68. The van der Waals surface area contributed by atoms with E-state index in [0.717, 1.165) is 12.8 Å². The molecule has 6 heteroatoms. The van der Waals surface area contributed by atoms with Gasteiger partial charge in [0.15, 0.2) is 0 Å². The predicted octanol–water partition coefficient (Wildman–Crippen LogP) is 0.115. The second kappa shape index (κ2) is 6.15. The molecule has 6 nitrogen and oxygen atoms in total. The zero-order valence-corrected chi connectivity index (χ0v) is 10.3. The van der Waals surface area contributed by atoms with E-state index in [1.807, 2.05) is 0 Å². The van der Waals surface area contributed by atoms with Crippen molar-refractivity contribution < 1.29 is 24.2 Å². The van der Waals surface area contributed by atoms with E-state index in [-0.39, 0.29) is 24.3 Å². The van der Waals surface area contributed by atoms with E-state index >= 15 is 0 Å². The number of amides is 1. The van der Waals surface area contributed by atoms with Gasteiger partial charge in [0, 0.05) is 13.2 Å². The Hall–Kier alpha value is -1.14. The van der Waals surface area contributed by atoms with Gasteiger partial charge in [0.25, 0.3) is 0 Å². The van der Waals surface area contributed by atoms with Crippen molar-refractivity contribution in [1.82, 2.24) is 4.90 Å². The van der Waals surface area contributed by atoms with Crippen molar-refractivity contribution in [2.75, 3.05) is 33.0 Å². The van der Waals surface area contributed by atoms with Gasteiger partial charge in [-0.15, -0.1) is 0 Å². The van der Waals surface area contributed by atoms with Crippen LogP contribution in [0, 0.1) is 5.92 Å². The van der Waals surface area contributed by atoms with Gasteiger partial charge in [-0.1, -0.05) is 0 Å². The number of nitrogens with zero attached hydrogens (tertiary/aromatic N) is 1. The molecule has 2 aliphatic heterocycles. The van der Waals surface area contributed by atoms with Gasteiger partial charge in [-0.25, -0.2) is 0 Å². The monoisotopic (exact) mass is 257 g/mol. The maximum atomic E-state index is 12.3. The Bertz CT molecular complexity index is 314. The number of carbonyl (C=O) groups is 2. The van der Waals surface area contributed by atoms with Gasteiger partial charge in [-0.05, 0) is 12.8 Å². The highest BCUT2D eigenvalue weighted by Gasteiger charge is 2.33. The van der Waals surface area contributed by atoms with Gasteiger partial charge in [0.05, 0.1) is 38.2 Å². The molecular formula is C12H19NO5. The molecule has 18 heavy (non-hydrogen) atoms. The summed E-state index contributed by atoms with van der Waals surface area (Å²) in [6.07, 6.45) is 1.67. The zero-order chi connectivity index (χ0) is 13.0. The summed E-state index contributed by atoms with van der Waals surface area (Å²) in [6.45, 7) is 2.44. The lowest BCUT2D eigenvalue weighted by atomic mass is 9.99. The molecule has 2 aliphatic rings. The van der Waals surface area contributed by atoms with E-state index < -0.39 is 5.97 Å². The van der Waals surface area contributed by atoms with Gasteiger partial charge >= 0.3 is 5.97 Å². The Morgan fingerprint density at radius 1 is 1.22 bits per heavy atom. The Morgan fingerprint density at radius 2 is 2.00 bits per heavy atom. The Balaban J connectivity index is 1.98. The molecule has 0 aromatic rings. The molecule has 0 spiro atoms. The first kappa shape index (κ1) is 13.3. The highest BCUT2D eigenvalue weighted by Crippen LogP contribution is 2.20. The molecule has 2 fully saturated rings. The number of rotatable bonds is 3. The molecule has 2 rings (SSSR count). The number of aliphatic carboxylic acids is 1. The molecule has 0 saturated carbocycles. The molecule has 1 amide bonds. The highest BCUT2D eigenvalue weighted by atomic mass is 16.5. The average molecular weight is 257 g/mol. The fourth-order valence-corrected chi connectivity index (χ4v) is 2.49. The minimum atomic E-state index is -0.900. The number of ether oxygens (including phenoxy) is 2. The highest BCUT2D eigenvalue weighted by molar-refractivity contribution is 5.80. The van der Waals surface area contributed by atoms with Crippen LogP contribution in [0.4, 0.5) is 0 Å². The summed E-state index contributed by atoms with van der Waals surface area (Å²) >= 11 is 0. The number of hydrogen-bond donors (Lipinski definition) is 1. The van der Waals surface area contributed by atoms with Crippen LogP contribution in [0.5, 0.6) is 0 Å². The summed E-state index contributed by atoms with van der Waals surface area (Å²) in [6, 6.07) is -0.342. The van der Waals surface area contributed by atoms with E-state index in [1.165, 1.54) is 0 Å². The number of morpholine rings is 1. The molecule has 0 aromatic heterocycles. The van der Waals surface area contributed by atoms with Crippen molar-refractivity contribution in [3.63, 3.8) is 0 Å². The molecule has 0 aromatic carbocycles. The summed E-state index contributed by atoms with van der Waals surface area (Å²) in [5.41, 5.74) is 0. The third-order valence-corrected chi connectivity index (χ3v) is 3.43. The molecular weight excluding hydrogens is 238 g/mol. The number of carboxylic acid groups (broad SMARTS) is 1. The minimum absolute atomic E-state index is 0.0178. The first-order valence-corrected chi connectivity index (χ1v) is 6.36. The van der Waals surface area contributed by atoms with Crippen molar-refractivity contribution in [1.29, 1.82) is 0 Å². The van der Waals surface area contributed by atoms with E-state index in [0.29, 0.717) is 33.0 Å². The van der Waals surface area contributed by atoms with Crippen LogP contribution in [-0.4, -0.2) is 60.9 Å². The lowest BCUT2D eigenvalue weighted by molar-refractivity contribution is -0.151. The third-order valence-electron chi connectivity index (χ3n) is 3.43. The van der Waals surface area contributed by atoms with Crippen molar-refractivity contribution >= 4 is 11.9 Å². The van der Waals surface area contributed by atoms with Crippen LogP contribution in [-0.2, 0) is 19.1 Å². The largest absolute Gasteiger partial charge is 0.481 e. The Labute approximate surface area is 106 Å². The van der Waals surface area contributed by atoms with Crippen LogP contribution in [0.2, 0.25) is 0 Å². The molecule has 1 N–H and O–H groups in total. The summed E-state index contributed by atoms with van der Waals surface area (Å²) in [5, 5.41) is 8.86. The summed E-state index contributed by atoms with van der Waals surface area (Å²) in [4.78, 5) is 24.8. The summed E-state index contributed by atoms with van der Waals surface area (Å²) < 4.78 is 10.6.